The molecule has 0 spiro atoms. The molecule has 0 bridgehead atoms. The van der Waals surface area contributed by atoms with E-state index in [-0.39, 0.29) is 11.0 Å². The third-order valence-electron chi connectivity index (χ3n) is 4.89. The predicted octanol–water partition coefficient (Wildman–Crippen LogP) is 7.59. The molecule has 1 heteroatoms. The third-order valence-corrected chi connectivity index (χ3v) is 4.89. The van der Waals surface area contributed by atoms with Crippen LogP contribution in [0.4, 0.5) is 11.4 Å². The molecule has 0 aliphatic heterocycles. The Labute approximate surface area is 164 Å². The molecule has 0 radical (unpaired) electrons. The summed E-state index contributed by atoms with van der Waals surface area (Å²) in [6.07, 6.45) is 0. The Bertz CT molecular complexity index is 861. The van der Waals surface area contributed by atoms with Gasteiger partial charge in [0, 0.05) is 16.9 Å². The van der Waals surface area contributed by atoms with Gasteiger partial charge in [0.2, 0.25) is 0 Å². The number of hydrogen-bond donors (Lipinski definition) is 0. The molecule has 1 nitrogen and oxygen atoms in total. The number of nitrogens with zero attached hydrogens (tertiary/aromatic N) is 1. The molecule has 0 amide bonds. The van der Waals surface area contributed by atoms with Gasteiger partial charge >= 0.3 is 0 Å². The van der Waals surface area contributed by atoms with Gasteiger partial charge in [-0.3, -0.25) is 0 Å². The van der Waals surface area contributed by atoms with Crippen molar-refractivity contribution in [3.05, 3.63) is 84.4 Å². The van der Waals surface area contributed by atoms with Crippen LogP contribution in [0.5, 0.6) is 0 Å². The third kappa shape index (κ3) is 4.42. The molecule has 27 heavy (non-hydrogen) atoms. The monoisotopic (exact) mass is 357 g/mol. The molecule has 3 aromatic rings. The van der Waals surface area contributed by atoms with Crippen molar-refractivity contribution in [3.63, 3.8) is 0 Å². The zero-order valence-electron chi connectivity index (χ0n) is 17.5. The lowest BCUT2D eigenvalue weighted by Crippen LogP contribution is -2.37. The first kappa shape index (κ1) is 19.2. The van der Waals surface area contributed by atoms with Crippen molar-refractivity contribution >= 4 is 11.4 Å². The number of anilines is 2. The first-order valence-electron chi connectivity index (χ1n) is 9.72. The van der Waals surface area contributed by atoms with Gasteiger partial charge < -0.3 is 4.90 Å². The van der Waals surface area contributed by atoms with Crippen molar-refractivity contribution in [2.45, 2.75) is 52.5 Å². The molecular formula is C26H31N. The Hall–Kier alpha value is -2.54. The molecule has 0 aliphatic rings. The topological polar surface area (TPSA) is 3.24 Å². The van der Waals surface area contributed by atoms with E-state index < -0.39 is 0 Å². The van der Waals surface area contributed by atoms with Crippen LogP contribution in [0.25, 0.3) is 11.1 Å². The summed E-state index contributed by atoms with van der Waals surface area (Å²) >= 11 is 0. The van der Waals surface area contributed by atoms with Gasteiger partial charge in [0.05, 0.1) is 0 Å². The zero-order chi connectivity index (χ0) is 19.7. The van der Waals surface area contributed by atoms with E-state index in [1.165, 1.54) is 28.1 Å². The van der Waals surface area contributed by atoms with Crippen LogP contribution in [-0.2, 0) is 5.41 Å². The molecular weight excluding hydrogens is 326 g/mol. The van der Waals surface area contributed by atoms with Crippen molar-refractivity contribution in [1.82, 2.24) is 0 Å². The van der Waals surface area contributed by atoms with E-state index in [9.17, 15) is 0 Å². The molecule has 0 aliphatic carbocycles. The van der Waals surface area contributed by atoms with E-state index in [0.29, 0.717) is 0 Å². The minimum Gasteiger partial charge on any atom is -0.336 e. The van der Waals surface area contributed by atoms with E-state index >= 15 is 0 Å². The second-order valence-corrected chi connectivity index (χ2v) is 9.22. The normalized spacial score (nSPS) is 12.1. The molecule has 0 fully saturated rings. The van der Waals surface area contributed by atoms with Crippen molar-refractivity contribution in [2.75, 3.05) is 4.90 Å². The Morgan fingerprint density at radius 3 is 1.41 bits per heavy atom. The van der Waals surface area contributed by atoms with E-state index in [0.717, 1.165) is 0 Å². The Morgan fingerprint density at radius 1 is 0.519 bits per heavy atom. The van der Waals surface area contributed by atoms with E-state index in [2.05, 4.69) is 125 Å². The highest BCUT2D eigenvalue weighted by atomic mass is 15.2. The molecule has 0 saturated heterocycles. The summed E-state index contributed by atoms with van der Waals surface area (Å²) in [6.45, 7) is 13.5. The standard InChI is InChI=1S/C26H31N/c1-25(2,3)22-14-18-24(19-15-22)27(26(4,5)6)23-16-12-21(13-17-23)20-10-8-7-9-11-20/h7-19H,1-6H3. The number of benzene rings is 3. The van der Waals surface area contributed by atoms with Crippen LogP contribution in [0.2, 0.25) is 0 Å². The fourth-order valence-electron chi connectivity index (χ4n) is 3.47. The first-order valence-corrected chi connectivity index (χ1v) is 9.72. The average Bonchev–Trinajstić information content (AvgIpc) is 2.62. The van der Waals surface area contributed by atoms with Crippen LogP contribution in [0.15, 0.2) is 78.9 Å². The fourth-order valence-corrected chi connectivity index (χ4v) is 3.47. The van der Waals surface area contributed by atoms with Crippen LogP contribution < -0.4 is 4.90 Å². The van der Waals surface area contributed by atoms with Crippen molar-refractivity contribution in [1.29, 1.82) is 0 Å². The number of rotatable bonds is 3. The van der Waals surface area contributed by atoms with E-state index in [4.69, 9.17) is 0 Å². The van der Waals surface area contributed by atoms with Gasteiger partial charge in [0.15, 0.2) is 0 Å². The van der Waals surface area contributed by atoms with Gasteiger partial charge in [-0.1, -0.05) is 75.4 Å². The van der Waals surface area contributed by atoms with Crippen LogP contribution in [0.3, 0.4) is 0 Å². The molecule has 0 N–H and O–H groups in total. The van der Waals surface area contributed by atoms with Crippen LogP contribution in [0, 0.1) is 0 Å². The summed E-state index contributed by atoms with van der Waals surface area (Å²) in [5, 5.41) is 0. The molecule has 0 atom stereocenters. The fraction of sp³-hybridized carbons (Fsp3) is 0.308. The Kier molecular flexibility index (Phi) is 5.15. The van der Waals surface area contributed by atoms with Crippen LogP contribution in [0.1, 0.15) is 47.1 Å². The molecule has 0 unspecified atom stereocenters. The quantitative estimate of drug-likeness (QED) is 0.467. The minimum atomic E-state index is -0.0164. The van der Waals surface area contributed by atoms with Crippen molar-refractivity contribution in [3.8, 4) is 11.1 Å². The molecule has 0 aromatic heterocycles. The highest BCUT2D eigenvalue weighted by Gasteiger charge is 2.24. The summed E-state index contributed by atoms with van der Waals surface area (Å²) in [6, 6.07) is 28.4. The first-order chi connectivity index (χ1) is 12.7. The van der Waals surface area contributed by atoms with Crippen LogP contribution in [-0.4, -0.2) is 5.54 Å². The molecule has 3 rings (SSSR count). The summed E-state index contributed by atoms with van der Waals surface area (Å²) in [4.78, 5) is 2.41. The van der Waals surface area contributed by atoms with Gasteiger partial charge in [0.25, 0.3) is 0 Å². The highest BCUT2D eigenvalue weighted by Crippen LogP contribution is 2.35. The molecule has 0 saturated carbocycles. The lowest BCUT2D eigenvalue weighted by atomic mass is 9.87. The maximum Gasteiger partial charge on any atom is 0.0416 e. The maximum atomic E-state index is 2.41. The molecule has 3 aromatic carbocycles. The van der Waals surface area contributed by atoms with Gasteiger partial charge in [-0.2, -0.15) is 0 Å². The van der Waals surface area contributed by atoms with Crippen molar-refractivity contribution < 1.29 is 0 Å². The number of hydrogen-bond acceptors (Lipinski definition) is 1. The summed E-state index contributed by atoms with van der Waals surface area (Å²) in [5.41, 5.74) is 6.45. The second kappa shape index (κ2) is 7.23. The molecule has 0 heterocycles. The van der Waals surface area contributed by atoms with Gasteiger partial charge in [-0.25, -0.2) is 0 Å². The second-order valence-electron chi connectivity index (χ2n) is 9.22. The van der Waals surface area contributed by atoms with Crippen LogP contribution >= 0.6 is 0 Å². The smallest absolute Gasteiger partial charge is 0.0416 e. The van der Waals surface area contributed by atoms with E-state index in [1.54, 1.807) is 0 Å². The predicted molar refractivity (Wildman–Crippen MR) is 119 cm³/mol. The maximum absolute atomic E-state index is 2.41. The largest absolute Gasteiger partial charge is 0.336 e. The minimum absolute atomic E-state index is 0.0164. The van der Waals surface area contributed by atoms with E-state index in [1.807, 2.05) is 0 Å². The molecule has 140 valence electrons. The van der Waals surface area contributed by atoms with Gasteiger partial charge in [0.1, 0.15) is 0 Å². The summed E-state index contributed by atoms with van der Waals surface area (Å²) < 4.78 is 0. The zero-order valence-corrected chi connectivity index (χ0v) is 17.5. The lowest BCUT2D eigenvalue weighted by molar-refractivity contribution is 0.559. The summed E-state index contributed by atoms with van der Waals surface area (Å²) in [7, 11) is 0. The highest BCUT2D eigenvalue weighted by molar-refractivity contribution is 5.71. The Balaban J connectivity index is 1.96. The van der Waals surface area contributed by atoms with Gasteiger partial charge in [-0.15, -0.1) is 0 Å². The van der Waals surface area contributed by atoms with Gasteiger partial charge in [-0.05, 0) is 67.1 Å². The van der Waals surface area contributed by atoms with Crippen molar-refractivity contribution in [2.24, 2.45) is 0 Å². The average molecular weight is 358 g/mol. The lowest BCUT2D eigenvalue weighted by Gasteiger charge is -2.38. The summed E-state index contributed by atoms with van der Waals surface area (Å²) in [5.74, 6) is 0. The SMILES string of the molecule is CC(C)(C)c1ccc(N(c2ccc(-c3ccccc3)cc2)C(C)(C)C)cc1. The Morgan fingerprint density at radius 2 is 0.963 bits per heavy atom.